The van der Waals surface area contributed by atoms with Crippen molar-refractivity contribution in [2.75, 3.05) is 31.1 Å². The molecule has 1 aromatic carbocycles. The van der Waals surface area contributed by atoms with Crippen LogP contribution < -0.4 is 4.90 Å². The minimum atomic E-state index is 0.0748. The number of nitrogens with zero attached hydrogens (tertiary/aromatic N) is 5. The van der Waals surface area contributed by atoms with Crippen LogP contribution in [0.1, 0.15) is 48.6 Å². The second-order valence-electron chi connectivity index (χ2n) is 7.64. The van der Waals surface area contributed by atoms with Gasteiger partial charge in [0.15, 0.2) is 5.13 Å². The van der Waals surface area contributed by atoms with E-state index in [2.05, 4.69) is 49.0 Å². The molecule has 1 aliphatic rings. The lowest BCUT2D eigenvalue weighted by atomic mass is 10.2. The van der Waals surface area contributed by atoms with Crippen LogP contribution in [0.5, 0.6) is 0 Å². The highest BCUT2D eigenvalue weighted by molar-refractivity contribution is 7.22. The molecular weight excluding hydrogens is 370 g/mol. The van der Waals surface area contributed by atoms with Crippen LogP contribution in [0.3, 0.4) is 0 Å². The fourth-order valence-corrected chi connectivity index (χ4v) is 4.73. The van der Waals surface area contributed by atoms with Crippen molar-refractivity contribution in [1.82, 2.24) is 19.7 Å². The minimum absolute atomic E-state index is 0.0748. The Labute approximate surface area is 169 Å². The zero-order chi connectivity index (χ0) is 19.8. The highest BCUT2D eigenvalue weighted by Crippen LogP contribution is 2.30. The van der Waals surface area contributed by atoms with Crippen LogP contribution in [0.25, 0.3) is 10.2 Å². The van der Waals surface area contributed by atoms with Crippen molar-refractivity contribution in [3.8, 4) is 0 Å². The third-order valence-corrected chi connectivity index (χ3v) is 6.33. The average Bonchev–Trinajstić information content (AvgIpc) is 3.30. The summed E-state index contributed by atoms with van der Waals surface area (Å²) in [7, 11) is 0. The maximum Gasteiger partial charge on any atom is 0.272 e. The highest BCUT2D eigenvalue weighted by atomic mass is 32.1. The first-order valence-electron chi connectivity index (χ1n) is 9.96. The lowest BCUT2D eigenvalue weighted by Crippen LogP contribution is -2.49. The molecule has 0 unspecified atom stereocenters. The molecule has 2 aromatic heterocycles. The number of aromatic nitrogens is 3. The summed E-state index contributed by atoms with van der Waals surface area (Å²) in [5.41, 5.74) is 3.98. The third kappa shape index (κ3) is 3.51. The van der Waals surface area contributed by atoms with Gasteiger partial charge in [0.1, 0.15) is 5.69 Å². The van der Waals surface area contributed by atoms with E-state index in [9.17, 15) is 4.79 Å². The van der Waals surface area contributed by atoms with Crippen molar-refractivity contribution in [3.63, 3.8) is 0 Å². The molecule has 1 saturated heterocycles. The zero-order valence-electron chi connectivity index (χ0n) is 17.0. The summed E-state index contributed by atoms with van der Waals surface area (Å²) in [5, 5.41) is 5.53. The van der Waals surface area contributed by atoms with Gasteiger partial charge in [-0.2, -0.15) is 5.10 Å². The molecule has 28 heavy (non-hydrogen) atoms. The molecule has 148 valence electrons. The van der Waals surface area contributed by atoms with Crippen LogP contribution in [0.15, 0.2) is 24.3 Å². The van der Waals surface area contributed by atoms with E-state index < -0.39 is 0 Å². The summed E-state index contributed by atoms with van der Waals surface area (Å²) in [4.78, 5) is 22.1. The van der Waals surface area contributed by atoms with Gasteiger partial charge in [0.2, 0.25) is 0 Å². The molecular formula is C21H27N5OS. The topological polar surface area (TPSA) is 54.3 Å². The number of amides is 1. The van der Waals surface area contributed by atoms with E-state index in [1.54, 1.807) is 11.3 Å². The SMILES string of the molecule is CCc1ccc2nc(N3CCN(C(=O)c4cc(C)nn4C(C)C)CC3)sc2c1. The molecule has 7 heteroatoms. The largest absolute Gasteiger partial charge is 0.345 e. The molecule has 6 nitrogen and oxygen atoms in total. The number of carbonyl (C=O) groups excluding carboxylic acids is 1. The molecule has 0 radical (unpaired) electrons. The molecule has 0 bridgehead atoms. The van der Waals surface area contributed by atoms with E-state index in [4.69, 9.17) is 4.98 Å². The van der Waals surface area contributed by atoms with Gasteiger partial charge in [-0.1, -0.05) is 24.3 Å². The normalized spacial score (nSPS) is 15.0. The number of thiazole rings is 1. The van der Waals surface area contributed by atoms with E-state index in [1.807, 2.05) is 22.6 Å². The minimum Gasteiger partial charge on any atom is -0.345 e. The lowest BCUT2D eigenvalue weighted by Gasteiger charge is -2.34. The van der Waals surface area contributed by atoms with Crippen LogP contribution in [-0.4, -0.2) is 51.8 Å². The number of aryl methyl sites for hydroxylation is 2. The fraction of sp³-hybridized carbons (Fsp3) is 0.476. The quantitative estimate of drug-likeness (QED) is 0.670. The fourth-order valence-electron chi connectivity index (χ4n) is 3.64. The number of rotatable bonds is 4. The molecule has 1 aliphatic heterocycles. The maximum absolute atomic E-state index is 13.0. The maximum atomic E-state index is 13.0. The lowest BCUT2D eigenvalue weighted by molar-refractivity contribution is 0.0732. The van der Waals surface area contributed by atoms with Crippen molar-refractivity contribution >= 4 is 32.6 Å². The summed E-state index contributed by atoms with van der Waals surface area (Å²) >= 11 is 1.75. The predicted molar refractivity (Wildman–Crippen MR) is 114 cm³/mol. The van der Waals surface area contributed by atoms with Crippen molar-refractivity contribution in [2.24, 2.45) is 0 Å². The van der Waals surface area contributed by atoms with Crippen LogP contribution in [0, 0.1) is 6.92 Å². The molecule has 1 amide bonds. The molecule has 0 N–H and O–H groups in total. The van der Waals surface area contributed by atoms with Crippen molar-refractivity contribution in [1.29, 1.82) is 0 Å². The molecule has 4 rings (SSSR count). The van der Waals surface area contributed by atoms with Gasteiger partial charge in [0.05, 0.1) is 15.9 Å². The van der Waals surface area contributed by atoms with Crippen LogP contribution in [0.4, 0.5) is 5.13 Å². The van der Waals surface area contributed by atoms with Gasteiger partial charge < -0.3 is 9.80 Å². The van der Waals surface area contributed by atoms with Gasteiger partial charge in [0, 0.05) is 32.2 Å². The standard InChI is InChI=1S/C21H27N5OS/c1-5-16-6-7-17-19(13-16)28-21(22-17)25-10-8-24(9-11-25)20(27)18-12-15(4)23-26(18)14(2)3/h6-7,12-14H,5,8-11H2,1-4H3. The molecule has 3 aromatic rings. The van der Waals surface area contributed by atoms with Gasteiger partial charge in [-0.3, -0.25) is 9.48 Å². The summed E-state index contributed by atoms with van der Waals surface area (Å²) in [6, 6.07) is 8.58. The molecule has 0 atom stereocenters. The average molecular weight is 398 g/mol. The van der Waals surface area contributed by atoms with Gasteiger partial charge >= 0.3 is 0 Å². The summed E-state index contributed by atoms with van der Waals surface area (Å²) < 4.78 is 3.08. The second-order valence-corrected chi connectivity index (χ2v) is 8.65. The Bertz CT molecular complexity index is 998. The number of benzene rings is 1. The summed E-state index contributed by atoms with van der Waals surface area (Å²) in [6.45, 7) is 11.2. The van der Waals surface area contributed by atoms with Crippen molar-refractivity contribution in [2.45, 2.75) is 40.2 Å². The first-order valence-corrected chi connectivity index (χ1v) is 10.8. The molecule has 3 heterocycles. The third-order valence-electron chi connectivity index (χ3n) is 5.25. The van der Waals surface area contributed by atoms with E-state index in [1.165, 1.54) is 10.3 Å². The predicted octanol–water partition coefficient (Wildman–Crippen LogP) is 3.91. The Morgan fingerprint density at radius 2 is 1.93 bits per heavy atom. The molecule has 1 fully saturated rings. The number of fused-ring (bicyclic) bond motifs is 1. The van der Waals surface area contributed by atoms with E-state index in [-0.39, 0.29) is 11.9 Å². The molecule has 0 aliphatic carbocycles. The summed E-state index contributed by atoms with van der Waals surface area (Å²) in [5.74, 6) is 0.0748. The van der Waals surface area contributed by atoms with Crippen LogP contribution in [0.2, 0.25) is 0 Å². The number of hydrogen-bond acceptors (Lipinski definition) is 5. The highest BCUT2D eigenvalue weighted by Gasteiger charge is 2.26. The first-order chi connectivity index (χ1) is 13.5. The van der Waals surface area contributed by atoms with E-state index in [0.717, 1.165) is 35.9 Å². The van der Waals surface area contributed by atoms with Crippen molar-refractivity contribution < 1.29 is 4.79 Å². The van der Waals surface area contributed by atoms with E-state index in [0.29, 0.717) is 18.8 Å². The Morgan fingerprint density at radius 1 is 1.18 bits per heavy atom. The monoisotopic (exact) mass is 397 g/mol. The smallest absolute Gasteiger partial charge is 0.272 e. The molecule has 0 spiro atoms. The van der Waals surface area contributed by atoms with E-state index >= 15 is 0 Å². The zero-order valence-corrected chi connectivity index (χ0v) is 17.8. The number of hydrogen-bond donors (Lipinski definition) is 0. The van der Waals surface area contributed by atoms with Crippen LogP contribution in [-0.2, 0) is 6.42 Å². The number of anilines is 1. The molecule has 0 saturated carbocycles. The van der Waals surface area contributed by atoms with Gasteiger partial charge in [-0.25, -0.2) is 4.98 Å². The first kappa shape index (κ1) is 18.9. The van der Waals surface area contributed by atoms with Crippen molar-refractivity contribution in [3.05, 3.63) is 41.2 Å². The number of carbonyl (C=O) groups is 1. The second kappa shape index (κ2) is 7.54. The Kier molecular flexibility index (Phi) is 5.10. The van der Waals surface area contributed by atoms with Gasteiger partial charge in [-0.15, -0.1) is 0 Å². The number of piperazine rings is 1. The van der Waals surface area contributed by atoms with Gasteiger partial charge in [-0.05, 0) is 51.0 Å². The van der Waals surface area contributed by atoms with Crippen LogP contribution >= 0.6 is 11.3 Å². The van der Waals surface area contributed by atoms with Gasteiger partial charge in [0.25, 0.3) is 5.91 Å². The Morgan fingerprint density at radius 3 is 2.61 bits per heavy atom. The Hall–Kier alpha value is -2.41. The summed E-state index contributed by atoms with van der Waals surface area (Å²) in [6.07, 6.45) is 1.04. The Balaban J connectivity index is 1.47.